The van der Waals surface area contributed by atoms with E-state index < -0.39 is 0 Å². The molecule has 2 N–H and O–H groups in total. The summed E-state index contributed by atoms with van der Waals surface area (Å²) in [5.74, 6) is 0.791. The van der Waals surface area contributed by atoms with Crippen LogP contribution in [0.3, 0.4) is 0 Å². The minimum Gasteiger partial charge on any atom is -0.466 e. The van der Waals surface area contributed by atoms with Gasteiger partial charge in [0, 0.05) is 12.8 Å². The third kappa shape index (κ3) is 3.43. The van der Waals surface area contributed by atoms with Gasteiger partial charge in [-0.2, -0.15) is 0 Å². The van der Waals surface area contributed by atoms with Crippen LogP contribution >= 0.6 is 11.8 Å². The first-order valence-electron chi connectivity index (χ1n) is 4.58. The zero-order valence-electron chi connectivity index (χ0n) is 8.77. The van der Waals surface area contributed by atoms with E-state index in [1.54, 1.807) is 18.5 Å². The maximum Gasteiger partial charge on any atom is 0.306 e. The summed E-state index contributed by atoms with van der Waals surface area (Å²) < 4.78 is 6.47. The minimum absolute atomic E-state index is 0.194. The smallest absolute Gasteiger partial charge is 0.306 e. The maximum atomic E-state index is 11.0. The molecule has 0 saturated heterocycles. The van der Waals surface area contributed by atoms with Gasteiger partial charge < -0.3 is 10.5 Å². The summed E-state index contributed by atoms with van der Waals surface area (Å²) in [5, 5.41) is 8.27. The van der Waals surface area contributed by atoms with Crippen molar-refractivity contribution in [3.05, 3.63) is 0 Å². The highest BCUT2D eigenvalue weighted by Gasteiger charge is 2.07. The summed E-state index contributed by atoms with van der Waals surface area (Å²) in [6, 6.07) is 0. The molecule has 6 nitrogen and oxygen atoms in total. The largest absolute Gasteiger partial charge is 0.466 e. The molecule has 1 aromatic rings. The summed E-state index contributed by atoms with van der Waals surface area (Å²) in [4.78, 5) is 11.0. The minimum atomic E-state index is -0.194. The molecule has 15 heavy (non-hydrogen) atoms. The first kappa shape index (κ1) is 11.8. The lowest BCUT2D eigenvalue weighted by atomic mass is 10.5. The molecule has 0 aliphatic rings. The van der Waals surface area contributed by atoms with E-state index in [2.05, 4.69) is 10.2 Å². The SMILES string of the molecule is CCOC(=O)CCSc1nnc(N)n1C. The molecule has 7 heteroatoms. The zero-order chi connectivity index (χ0) is 11.3. The van der Waals surface area contributed by atoms with E-state index in [1.807, 2.05) is 0 Å². The van der Waals surface area contributed by atoms with Crippen LogP contribution in [0.15, 0.2) is 5.16 Å². The van der Waals surface area contributed by atoms with Gasteiger partial charge in [-0.15, -0.1) is 10.2 Å². The quantitative estimate of drug-likeness (QED) is 0.584. The maximum absolute atomic E-state index is 11.0. The van der Waals surface area contributed by atoms with Gasteiger partial charge in [0.1, 0.15) is 0 Å². The molecular formula is C8H14N4O2S. The van der Waals surface area contributed by atoms with Gasteiger partial charge in [-0.25, -0.2) is 0 Å². The molecule has 0 amide bonds. The summed E-state index contributed by atoms with van der Waals surface area (Å²) in [6.07, 6.45) is 0.366. The highest BCUT2D eigenvalue weighted by Crippen LogP contribution is 2.17. The van der Waals surface area contributed by atoms with Gasteiger partial charge in [-0.1, -0.05) is 11.8 Å². The van der Waals surface area contributed by atoms with Crippen molar-refractivity contribution in [2.75, 3.05) is 18.1 Å². The lowest BCUT2D eigenvalue weighted by Crippen LogP contribution is -2.05. The van der Waals surface area contributed by atoms with Gasteiger partial charge in [-0.3, -0.25) is 9.36 Å². The lowest BCUT2D eigenvalue weighted by Gasteiger charge is -2.01. The number of carbonyl (C=O) groups excluding carboxylic acids is 1. The van der Waals surface area contributed by atoms with Crippen molar-refractivity contribution < 1.29 is 9.53 Å². The predicted octanol–water partition coefficient (Wildman–Crippen LogP) is 0.443. The number of carbonyl (C=O) groups is 1. The number of ether oxygens (including phenoxy) is 1. The highest BCUT2D eigenvalue weighted by molar-refractivity contribution is 7.99. The topological polar surface area (TPSA) is 83.0 Å². The van der Waals surface area contributed by atoms with Crippen LogP contribution in [0.2, 0.25) is 0 Å². The molecule has 0 spiro atoms. The fourth-order valence-corrected chi connectivity index (χ4v) is 1.75. The Labute approximate surface area is 92.2 Å². The van der Waals surface area contributed by atoms with E-state index in [-0.39, 0.29) is 5.97 Å². The molecule has 0 bridgehead atoms. The van der Waals surface area contributed by atoms with Crippen LogP contribution in [0.4, 0.5) is 5.95 Å². The Balaban J connectivity index is 2.32. The molecule has 0 fully saturated rings. The fraction of sp³-hybridized carbons (Fsp3) is 0.625. The van der Waals surface area contributed by atoms with Gasteiger partial charge >= 0.3 is 5.97 Å². The summed E-state index contributed by atoms with van der Waals surface area (Å²) >= 11 is 1.43. The number of anilines is 1. The second kappa shape index (κ2) is 5.59. The second-order valence-electron chi connectivity index (χ2n) is 2.80. The summed E-state index contributed by atoms with van der Waals surface area (Å²) in [6.45, 7) is 2.20. The fourth-order valence-electron chi connectivity index (χ4n) is 0.911. The average molecular weight is 230 g/mol. The van der Waals surface area contributed by atoms with Gasteiger partial charge in [0.25, 0.3) is 0 Å². The number of hydrogen-bond donors (Lipinski definition) is 1. The predicted molar refractivity (Wildman–Crippen MR) is 57.4 cm³/mol. The number of rotatable bonds is 5. The van der Waals surface area contributed by atoms with Crippen molar-refractivity contribution in [2.24, 2.45) is 7.05 Å². The van der Waals surface area contributed by atoms with Crippen LogP contribution < -0.4 is 5.73 Å². The number of hydrogen-bond acceptors (Lipinski definition) is 6. The van der Waals surface area contributed by atoms with Crippen LogP contribution in [0, 0.1) is 0 Å². The number of esters is 1. The standard InChI is InChI=1S/C8H14N4O2S/c1-3-14-6(13)4-5-15-8-11-10-7(9)12(8)2/h3-5H2,1-2H3,(H2,9,10). The van der Waals surface area contributed by atoms with Crippen molar-refractivity contribution in [3.63, 3.8) is 0 Å². The van der Waals surface area contributed by atoms with Crippen molar-refractivity contribution in [3.8, 4) is 0 Å². The van der Waals surface area contributed by atoms with Crippen LogP contribution in [0.1, 0.15) is 13.3 Å². The van der Waals surface area contributed by atoms with Crippen molar-refractivity contribution in [2.45, 2.75) is 18.5 Å². The first-order valence-corrected chi connectivity index (χ1v) is 5.57. The molecule has 0 unspecified atom stereocenters. The van der Waals surface area contributed by atoms with Crippen LogP contribution in [0.5, 0.6) is 0 Å². The van der Waals surface area contributed by atoms with Gasteiger partial charge in [0.05, 0.1) is 13.0 Å². The Kier molecular flexibility index (Phi) is 4.41. The van der Waals surface area contributed by atoms with Crippen LogP contribution in [-0.4, -0.2) is 33.1 Å². The van der Waals surface area contributed by atoms with Crippen molar-refractivity contribution in [1.82, 2.24) is 14.8 Å². The molecule has 1 rings (SSSR count). The molecule has 1 heterocycles. The number of nitrogens with two attached hydrogens (primary N) is 1. The Morgan fingerprint density at radius 2 is 2.33 bits per heavy atom. The van der Waals surface area contributed by atoms with Crippen molar-refractivity contribution in [1.29, 1.82) is 0 Å². The Morgan fingerprint density at radius 3 is 2.87 bits per heavy atom. The first-order chi connectivity index (χ1) is 7.15. The normalized spacial score (nSPS) is 10.3. The van der Waals surface area contributed by atoms with Gasteiger partial charge in [-0.05, 0) is 6.92 Å². The third-order valence-corrected chi connectivity index (χ3v) is 2.73. The van der Waals surface area contributed by atoms with Gasteiger partial charge in [0.15, 0.2) is 5.16 Å². The lowest BCUT2D eigenvalue weighted by molar-refractivity contribution is -0.142. The van der Waals surface area contributed by atoms with Crippen LogP contribution in [0.25, 0.3) is 0 Å². The molecule has 0 aliphatic heterocycles. The van der Waals surface area contributed by atoms with E-state index >= 15 is 0 Å². The molecular weight excluding hydrogens is 216 g/mol. The van der Waals surface area contributed by atoms with Crippen LogP contribution in [-0.2, 0) is 16.6 Å². The van der Waals surface area contributed by atoms with E-state index in [1.165, 1.54) is 11.8 Å². The highest BCUT2D eigenvalue weighted by atomic mass is 32.2. The monoisotopic (exact) mass is 230 g/mol. The average Bonchev–Trinajstić information content (AvgIpc) is 2.50. The Hall–Kier alpha value is -1.24. The van der Waals surface area contributed by atoms with E-state index in [0.717, 1.165) is 0 Å². The number of nitrogens with zero attached hydrogens (tertiary/aromatic N) is 3. The molecule has 0 atom stereocenters. The van der Waals surface area contributed by atoms with Gasteiger partial charge in [0.2, 0.25) is 5.95 Å². The number of nitrogen functional groups attached to an aromatic ring is 1. The summed E-state index contributed by atoms with van der Waals surface area (Å²) in [5.41, 5.74) is 5.50. The van der Waals surface area contributed by atoms with E-state index in [9.17, 15) is 4.79 Å². The number of thioether (sulfide) groups is 1. The summed E-state index contributed by atoms with van der Waals surface area (Å²) in [7, 11) is 1.78. The zero-order valence-corrected chi connectivity index (χ0v) is 9.58. The molecule has 0 saturated carbocycles. The number of aromatic nitrogens is 3. The third-order valence-electron chi connectivity index (χ3n) is 1.71. The second-order valence-corrected chi connectivity index (χ2v) is 3.87. The Bertz CT molecular complexity index is 339. The Morgan fingerprint density at radius 1 is 1.60 bits per heavy atom. The van der Waals surface area contributed by atoms with Crippen molar-refractivity contribution >= 4 is 23.7 Å². The van der Waals surface area contributed by atoms with E-state index in [0.29, 0.717) is 29.9 Å². The van der Waals surface area contributed by atoms with E-state index in [4.69, 9.17) is 10.5 Å². The molecule has 84 valence electrons. The molecule has 0 aliphatic carbocycles. The molecule has 0 aromatic carbocycles. The molecule has 1 aromatic heterocycles. The molecule has 0 radical (unpaired) electrons.